The number of amides is 1. The van der Waals surface area contributed by atoms with Gasteiger partial charge in [-0.15, -0.1) is 0 Å². The summed E-state index contributed by atoms with van der Waals surface area (Å²) in [7, 11) is 0. The van der Waals surface area contributed by atoms with Crippen LogP contribution in [0.25, 0.3) is 11.1 Å². The van der Waals surface area contributed by atoms with E-state index >= 15 is 0 Å². The second kappa shape index (κ2) is 8.02. The van der Waals surface area contributed by atoms with E-state index in [-0.39, 0.29) is 22.5 Å². The molecule has 9 heteroatoms. The van der Waals surface area contributed by atoms with E-state index in [4.69, 9.17) is 16.0 Å². The quantitative estimate of drug-likeness (QED) is 0.582. The fourth-order valence-electron chi connectivity index (χ4n) is 3.40. The van der Waals surface area contributed by atoms with Crippen LogP contribution < -0.4 is 4.90 Å². The highest BCUT2D eigenvalue weighted by atomic mass is 35.5. The van der Waals surface area contributed by atoms with E-state index in [0.717, 1.165) is 23.4 Å². The fourth-order valence-corrected chi connectivity index (χ4v) is 3.69. The van der Waals surface area contributed by atoms with Crippen LogP contribution in [-0.4, -0.2) is 42.0 Å². The zero-order chi connectivity index (χ0) is 21.3. The predicted octanol–water partition coefficient (Wildman–Crippen LogP) is 4.98. The van der Waals surface area contributed by atoms with E-state index in [2.05, 4.69) is 4.98 Å². The van der Waals surface area contributed by atoms with Crippen LogP contribution >= 0.6 is 11.6 Å². The van der Waals surface area contributed by atoms with Crippen LogP contribution in [-0.2, 0) is 6.18 Å². The molecule has 1 fully saturated rings. The minimum absolute atomic E-state index is 0.0676. The molecule has 0 unspecified atom stereocenters. The molecule has 30 heavy (non-hydrogen) atoms. The number of carbonyl (C=O) groups is 1. The molecule has 1 saturated heterocycles. The number of aromatic nitrogens is 1. The van der Waals surface area contributed by atoms with Gasteiger partial charge in [-0.25, -0.2) is 4.98 Å². The number of alkyl halides is 3. The molecule has 0 aliphatic carbocycles. The number of halogens is 4. The molecule has 5 nitrogen and oxygen atoms in total. The largest absolute Gasteiger partial charge is 0.459 e. The van der Waals surface area contributed by atoms with Crippen LogP contribution in [0.3, 0.4) is 0 Å². The smallest absolute Gasteiger partial charge is 0.417 e. The van der Waals surface area contributed by atoms with E-state index in [1.807, 2.05) is 30.3 Å². The van der Waals surface area contributed by atoms with E-state index in [1.165, 1.54) is 6.26 Å². The normalized spacial score (nSPS) is 14.8. The topological polar surface area (TPSA) is 49.6 Å². The lowest BCUT2D eigenvalue weighted by molar-refractivity contribution is -0.137. The lowest BCUT2D eigenvalue weighted by Crippen LogP contribution is -2.49. The van der Waals surface area contributed by atoms with E-state index < -0.39 is 11.7 Å². The highest BCUT2D eigenvalue weighted by Gasteiger charge is 2.33. The lowest BCUT2D eigenvalue weighted by Gasteiger charge is -2.35. The number of rotatable bonds is 3. The first kappa shape index (κ1) is 20.3. The summed E-state index contributed by atoms with van der Waals surface area (Å²) in [5.74, 6) is 0.310. The second-order valence-electron chi connectivity index (χ2n) is 6.84. The Labute approximate surface area is 175 Å². The summed E-state index contributed by atoms with van der Waals surface area (Å²) in [5.41, 5.74) is 0.709. The van der Waals surface area contributed by atoms with Crippen molar-refractivity contribution < 1.29 is 22.4 Å². The van der Waals surface area contributed by atoms with Crippen LogP contribution in [0.5, 0.6) is 0 Å². The van der Waals surface area contributed by atoms with Gasteiger partial charge in [0.2, 0.25) is 0 Å². The maximum Gasteiger partial charge on any atom is 0.417 e. The number of benzene rings is 1. The molecule has 1 aliphatic heterocycles. The van der Waals surface area contributed by atoms with Crippen molar-refractivity contribution in [3.05, 3.63) is 71.3 Å². The van der Waals surface area contributed by atoms with Gasteiger partial charge in [0.05, 0.1) is 16.8 Å². The minimum atomic E-state index is -4.50. The molecule has 0 radical (unpaired) electrons. The molecule has 0 atom stereocenters. The molecule has 3 aromatic rings. The Morgan fingerprint density at radius 1 is 1.07 bits per heavy atom. The van der Waals surface area contributed by atoms with Gasteiger partial charge in [-0.2, -0.15) is 13.2 Å². The first-order valence-electron chi connectivity index (χ1n) is 9.24. The Kier molecular flexibility index (Phi) is 5.42. The molecule has 3 heterocycles. The number of furan rings is 1. The molecule has 0 spiro atoms. The minimum Gasteiger partial charge on any atom is -0.459 e. The van der Waals surface area contributed by atoms with Crippen molar-refractivity contribution >= 4 is 23.3 Å². The van der Waals surface area contributed by atoms with Crippen molar-refractivity contribution in [2.45, 2.75) is 6.18 Å². The van der Waals surface area contributed by atoms with Gasteiger partial charge in [0.15, 0.2) is 5.76 Å². The predicted molar refractivity (Wildman–Crippen MR) is 107 cm³/mol. The summed E-state index contributed by atoms with van der Waals surface area (Å²) in [6.45, 7) is 1.52. The summed E-state index contributed by atoms with van der Waals surface area (Å²) in [6, 6.07) is 12.1. The number of hydrogen-bond acceptors (Lipinski definition) is 4. The van der Waals surface area contributed by atoms with E-state index in [0.29, 0.717) is 26.2 Å². The molecule has 0 N–H and O–H groups in total. The van der Waals surface area contributed by atoms with Gasteiger partial charge in [0, 0.05) is 37.9 Å². The second-order valence-corrected chi connectivity index (χ2v) is 7.24. The van der Waals surface area contributed by atoms with Crippen molar-refractivity contribution in [1.82, 2.24) is 9.88 Å². The Balaban J connectivity index is 1.46. The first-order chi connectivity index (χ1) is 14.3. The molecular weight excluding hydrogens is 419 g/mol. The highest BCUT2D eigenvalue weighted by Crippen LogP contribution is 2.34. The zero-order valence-electron chi connectivity index (χ0n) is 15.7. The number of hydrogen-bond donors (Lipinski definition) is 0. The number of anilines is 1. The molecule has 156 valence electrons. The summed E-state index contributed by atoms with van der Waals surface area (Å²) in [6.07, 6.45) is -2.24. The maximum absolute atomic E-state index is 13.0. The Morgan fingerprint density at radius 2 is 1.77 bits per heavy atom. The van der Waals surface area contributed by atoms with Crippen molar-refractivity contribution in [3.8, 4) is 11.1 Å². The molecule has 0 bridgehead atoms. The fraction of sp³-hybridized carbons (Fsp3) is 0.238. The summed E-state index contributed by atoms with van der Waals surface area (Å²) in [5, 5.41) is -0.0676. The van der Waals surface area contributed by atoms with Crippen LogP contribution in [0, 0.1) is 0 Å². The third-order valence-corrected chi connectivity index (χ3v) is 5.24. The monoisotopic (exact) mass is 435 g/mol. The number of nitrogens with zero attached hydrogens (tertiary/aromatic N) is 3. The van der Waals surface area contributed by atoms with E-state index in [9.17, 15) is 18.0 Å². The average molecular weight is 436 g/mol. The molecule has 4 rings (SSSR count). The Hall–Kier alpha value is -3.00. The van der Waals surface area contributed by atoms with Gasteiger partial charge in [0.1, 0.15) is 5.82 Å². The van der Waals surface area contributed by atoms with Gasteiger partial charge >= 0.3 is 6.18 Å². The molecular formula is C21H17ClF3N3O2. The molecule has 1 aliphatic rings. The van der Waals surface area contributed by atoms with Crippen LogP contribution in [0.4, 0.5) is 19.0 Å². The summed E-state index contributed by atoms with van der Waals surface area (Å²) < 4.78 is 43.9. The van der Waals surface area contributed by atoms with Gasteiger partial charge in [-0.1, -0.05) is 41.9 Å². The highest BCUT2D eigenvalue weighted by molar-refractivity contribution is 6.33. The lowest BCUT2D eigenvalue weighted by atomic mass is 10.1. The SMILES string of the molecule is O=C(c1occc1-c1ccccc1)N1CCN(c2ncc(C(F)(F)F)cc2Cl)CC1. The maximum atomic E-state index is 13.0. The third kappa shape index (κ3) is 4.00. The standard InChI is InChI=1S/C21H17ClF3N3O2/c22-17-12-15(21(23,24)25)13-26-19(17)27-7-9-28(10-8-27)20(29)18-16(6-11-30-18)14-4-2-1-3-5-14/h1-6,11-13H,7-10H2. The average Bonchev–Trinajstić information content (AvgIpc) is 3.23. The molecule has 1 aromatic carbocycles. The van der Waals surface area contributed by atoms with Gasteiger partial charge in [-0.3, -0.25) is 4.79 Å². The Bertz CT molecular complexity index is 1050. The van der Waals surface area contributed by atoms with Crippen molar-refractivity contribution in [2.75, 3.05) is 31.1 Å². The van der Waals surface area contributed by atoms with Crippen LogP contribution in [0.2, 0.25) is 5.02 Å². The van der Waals surface area contributed by atoms with Gasteiger partial charge in [-0.05, 0) is 17.7 Å². The molecule has 1 amide bonds. The summed E-state index contributed by atoms with van der Waals surface area (Å²) >= 11 is 6.04. The van der Waals surface area contributed by atoms with Crippen LogP contribution in [0.15, 0.2) is 59.3 Å². The van der Waals surface area contributed by atoms with Gasteiger partial charge < -0.3 is 14.2 Å². The number of pyridine rings is 1. The summed E-state index contributed by atoms with van der Waals surface area (Å²) in [4.78, 5) is 20.3. The molecule has 0 saturated carbocycles. The van der Waals surface area contributed by atoms with Crippen molar-refractivity contribution in [3.63, 3.8) is 0 Å². The van der Waals surface area contributed by atoms with Crippen molar-refractivity contribution in [2.24, 2.45) is 0 Å². The van der Waals surface area contributed by atoms with Gasteiger partial charge in [0.25, 0.3) is 5.91 Å². The Morgan fingerprint density at radius 3 is 2.40 bits per heavy atom. The first-order valence-corrected chi connectivity index (χ1v) is 9.62. The number of piperazine rings is 1. The number of carbonyl (C=O) groups excluding carboxylic acids is 1. The third-order valence-electron chi connectivity index (χ3n) is 4.96. The van der Waals surface area contributed by atoms with E-state index in [1.54, 1.807) is 15.9 Å². The van der Waals surface area contributed by atoms with Crippen LogP contribution in [0.1, 0.15) is 16.1 Å². The zero-order valence-corrected chi connectivity index (χ0v) is 16.5. The molecule has 2 aromatic heterocycles. The van der Waals surface area contributed by atoms with Crippen molar-refractivity contribution in [1.29, 1.82) is 0 Å².